The molecule has 0 saturated heterocycles. The van der Waals surface area contributed by atoms with Gasteiger partial charge in [0.1, 0.15) is 0 Å². The SMILES string of the molecule is C/C=C(\CC)C(CCCC)C/C(=C\CN)C1CCC1. The van der Waals surface area contributed by atoms with Crippen molar-refractivity contribution in [3.8, 4) is 0 Å². The molecule has 1 heteroatoms. The van der Waals surface area contributed by atoms with Gasteiger partial charge in [0.25, 0.3) is 0 Å². The largest absolute Gasteiger partial charge is 0.327 e. The van der Waals surface area contributed by atoms with Gasteiger partial charge in [-0.15, -0.1) is 0 Å². The smallest absolute Gasteiger partial charge is 0.0109 e. The molecule has 1 nitrogen and oxygen atoms in total. The molecule has 1 unspecified atom stereocenters. The Morgan fingerprint density at radius 2 is 2.05 bits per heavy atom. The van der Waals surface area contributed by atoms with Crippen molar-refractivity contribution < 1.29 is 0 Å². The summed E-state index contributed by atoms with van der Waals surface area (Å²) in [4.78, 5) is 0. The number of unbranched alkanes of at least 4 members (excludes halogenated alkanes) is 1. The van der Waals surface area contributed by atoms with Gasteiger partial charge in [-0.1, -0.05) is 56.4 Å². The van der Waals surface area contributed by atoms with Gasteiger partial charge in [-0.05, 0) is 50.9 Å². The molecule has 1 saturated carbocycles. The first-order valence-corrected chi connectivity index (χ1v) is 8.30. The Labute approximate surface area is 120 Å². The number of allylic oxidation sites excluding steroid dienone is 3. The van der Waals surface area contributed by atoms with Crippen molar-refractivity contribution in [1.29, 1.82) is 0 Å². The third-order valence-corrected chi connectivity index (χ3v) is 4.70. The molecule has 0 aromatic heterocycles. The van der Waals surface area contributed by atoms with Crippen molar-refractivity contribution in [2.75, 3.05) is 6.54 Å². The lowest BCUT2D eigenvalue weighted by Gasteiger charge is -2.31. The molecule has 0 radical (unpaired) electrons. The van der Waals surface area contributed by atoms with Crippen molar-refractivity contribution in [3.63, 3.8) is 0 Å². The van der Waals surface area contributed by atoms with Crippen LogP contribution >= 0.6 is 0 Å². The third kappa shape index (κ3) is 5.14. The van der Waals surface area contributed by atoms with E-state index in [4.69, 9.17) is 5.73 Å². The van der Waals surface area contributed by atoms with Crippen LogP contribution in [0.5, 0.6) is 0 Å². The average molecular weight is 263 g/mol. The summed E-state index contributed by atoms with van der Waals surface area (Å²) in [5.41, 5.74) is 9.08. The molecule has 19 heavy (non-hydrogen) atoms. The van der Waals surface area contributed by atoms with Gasteiger partial charge >= 0.3 is 0 Å². The van der Waals surface area contributed by atoms with Gasteiger partial charge in [-0.25, -0.2) is 0 Å². The highest BCUT2D eigenvalue weighted by atomic mass is 14.5. The zero-order valence-corrected chi connectivity index (χ0v) is 13.3. The van der Waals surface area contributed by atoms with Crippen LogP contribution in [-0.4, -0.2) is 6.54 Å². The highest BCUT2D eigenvalue weighted by molar-refractivity contribution is 5.16. The molecule has 0 aromatic rings. The van der Waals surface area contributed by atoms with Crippen LogP contribution in [0.4, 0.5) is 0 Å². The summed E-state index contributed by atoms with van der Waals surface area (Å²) >= 11 is 0. The summed E-state index contributed by atoms with van der Waals surface area (Å²) in [6, 6.07) is 0. The maximum Gasteiger partial charge on any atom is 0.0109 e. The van der Waals surface area contributed by atoms with Crippen LogP contribution in [0.15, 0.2) is 23.3 Å². The molecule has 1 fully saturated rings. The van der Waals surface area contributed by atoms with Crippen molar-refractivity contribution >= 4 is 0 Å². The molecule has 1 aliphatic rings. The number of nitrogens with two attached hydrogens (primary N) is 1. The Morgan fingerprint density at radius 1 is 1.32 bits per heavy atom. The first kappa shape index (κ1) is 16.5. The fraction of sp³-hybridized carbons (Fsp3) is 0.778. The molecule has 0 aromatic carbocycles. The van der Waals surface area contributed by atoms with Gasteiger partial charge < -0.3 is 5.73 Å². The Bertz CT molecular complexity index is 297. The molecule has 0 spiro atoms. The first-order chi connectivity index (χ1) is 9.26. The van der Waals surface area contributed by atoms with Crippen LogP contribution in [-0.2, 0) is 0 Å². The van der Waals surface area contributed by atoms with Gasteiger partial charge in [-0.2, -0.15) is 0 Å². The second-order valence-corrected chi connectivity index (χ2v) is 5.90. The minimum Gasteiger partial charge on any atom is -0.327 e. The highest BCUT2D eigenvalue weighted by Crippen LogP contribution is 2.38. The monoisotopic (exact) mass is 263 g/mol. The van der Waals surface area contributed by atoms with E-state index in [0.29, 0.717) is 6.54 Å². The zero-order chi connectivity index (χ0) is 14.1. The van der Waals surface area contributed by atoms with Crippen LogP contribution in [0.25, 0.3) is 0 Å². The lowest BCUT2D eigenvalue weighted by atomic mass is 9.74. The molecule has 0 bridgehead atoms. The second kappa shape index (κ2) is 9.36. The summed E-state index contributed by atoms with van der Waals surface area (Å²) in [5, 5.41) is 0. The minimum absolute atomic E-state index is 0.712. The summed E-state index contributed by atoms with van der Waals surface area (Å²) in [6.45, 7) is 7.50. The Hall–Kier alpha value is -0.560. The van der Waals surface area contributed by atoms with E-state index >= 15 is 0 Å². The molecule has 2 N–H and O–H groups in total. The minimum atomic E-state index is 0.712. The number of hydrogen-bond acceptors (Lipinski definition) is 1. The topological polar surface area (TPSA) is 26.0 Å². The van der Waals surface area contributed by atoms with Crippen LogP contribution in [0, 0.1) is 11.8 Å². The van der Waals surface area contributed by atoms with Crippen LogP contribution in [0.1, 0.15) is 72.1 Å². The molecule has 0 aliphatic heterocycles. The van der Waals surface area contributed by atoms with Gasteiger partial charge in [0.2, 0.25) is 0 Å². The summed E-state index contributed by atoms with van der Waals surface area (Å²) in [5.74, 6) is 1.61. The fourth-order valence-electron chi connectivity index (χ4n) is 3.23. The van der Waals surface area contributed by atoms with Crippen molar-refractivity contribution in [3.05, 3.63) is 23.3 Å². The first-order valence-electron chi connectivity index (χ1n) is 8.30. The Balaban J connectivity index is 2.69. The Morgan fingerprint density at radius 3 is 2.47 bits per heavy atom. The summed E-state index contributed by atoms with van der Waals surface area (Å²) in [6.07, 6.45) is 15.3. The van der Waals surface area contributed by atoms with E-state index in [9.17, 15) is 0 Å². The maximum absolute atomic E-state index is 5.77. The molecule has 110 valence electrons. The molecule has 0 heterocycles. The molecule has 1 aliphatic carbocycles. The average Bonchev–Trinajstić information content (AvgIpc) is 2.35. The quantitative estimate of drug-likeness (QED) is 0.567. The van der Waals surface area contributed by atoms with Gasteiger partial charge in [-0.3, -0.25) is 0 Å². The summed E-state index contributed by atoms with van der Waals surface area (Å²) in [7, 11) is 0. The lowest BCUT2D eigenvalue weighted by Crippen LogP contribution is -2.18. The third-order valence-electron chi connectivity index (χ3n) is 4.70. The zero-order valence-electron chi connectivity index (χ0n) is 13.3. The van der Waals surface area contributed by atoms with Crippen LogP contribution in [0.2, 0.25) is 0 Å². The van der Waals surface area contributed by atoms with Crippen molar-refractivity contribution in [2.45, 2.75) is 72.1 Å². The van der Waals surface area contributed by atoms with E-state index < -0.39 is 0 Å². The van der Waals surface area contributed by atoms with Crippen LogP contribution in [0.3, 0.4) is 0 Å². The van der Waals surface area contributed by atoms with Crippen molar-refractivity contribution in [2.24, 2.45) is 17.6 Å². The standard InChI is InChI=1S/C18H33N/c1-4-7-9-17(15(5-2)6-3)14-18(12-13-19)16-10-8-11-16/h5,12,16-17H,4,6-11,13-14,19H2,1-3H3/b15-5+,18-12+. The predicted octanol–water partition coefficient (Wildman–Crippen LogP) is 5.22. The van der Waals surface area contributed by atoms with E-state index in [0.717, 1.165) is 11.8 Å². The van der Waals surface area contributed by atoms with E-state index in [1.54, 1.807) is 11.1 Å². The second-order valence-electron chi connectivity index (χ2n) is 5.90. The van der Waals surface area contributed by atoms with E-state index in [1.165, 1.54) is 51.4 Å². The normalized spacial score (nSPS) is 19.4. The number of rotatable bonds is 9. The molecular weight excluding hydrogens is 230 g/mol. The predicted molar refractivity (Wildman–Crippen MR) is 86.2 cm³/mol. The van der Waals surface area contributed by atoms with Gasteiger partial charge in [0, 0.05) is 6.54 Å². The highest BCUT2D eigenvalue weighted by Gasteiger charge is 2.24. The lowest BCUT2D eigenvalue weighted by molar-refractivity contribution is 0.344. The van der Waals surface area contributed by atoms with Crippen LogP contribution < -0.4 is 5.73 Å². The maximum atomic E-state index is 5.77. The molecule has 0 amide bonds. The fourth-order valence-corrected chi connectivity index (χ4v) is 3.23. The van der Waals surface area contributed by atoms with E-state index in [1.807, 2.05) is 0 Å². The molecule has 1 atom stereocenters. The Kier molecular flexibility index (Phi) is 8.13. The van der Waals surface area contributed by atoms with Crippen molar-refractivity contribution in [1.82, 2.24) is 0 Å². The molecular formula is C18H33N. The van der Waals surface area contributed by atoms with E-state index in [2.05, 4.69) is 32.9 Å². The van der Waals surface area contributed by atoms with E-state index in [-0.39, 0.29) is 0 Å². The summed E-state index contributed by atoms with van der Waals surface area (Å²) < 4.78 is 0. The van der Waals surface area contributed by atoms with Gasteiger partial charge in [0.15, 0.2) is 0 Å². The van der Waals surface area contributed by atoms with Gasteiger partial charge in [0.05, 0.1) is 0 Å². The number of hydrogen-bond donors (Lipinski definition) is 1. The molecule has 1 rings (SSSR count).